The highest BCUT2D eigenvalue weighted by molar-refractivity contribution is 6.21. The van der Waals surface area contributed by atoms with Crippen molar-refractivity contribution in [1.82, 2.24) is 0 Å². The number of hydrogen-bond acceptors (Lipinski definition) is 1. The molecule has 0 aromatic heterocycles. The summed E-state index contributed by atoms with van der Waals surface area (Å²) in [6.07, 6.45) is 3.64. The summed E-state index contributed by atoms with van der Waals surface area (Å²) < 4.78 is 0. The van der Waals surface area contributed by atoms with Crippen molar-refractivity contribution in [3.63, 3.8) is 0 Å². The molecule has 1 aliphatic carbocycles. The summed E-state index contributed by atoms with van der Waals surface area (Å²) in [4.78, 5) is 2.31. The van der Waals surface area contributed by atoms with Gasteiger partial charge in [-0.3, -0.25) is 0 Å². The van der Waals surface area contributed by atoms with E-state index in [1.54, 1.807) is 0 Å². The van der Waals surface area contributed by atoms with E-state index in [0.717, 1.165) is 6.42 Å². The van der Waals surface area contributed by atoms with Crippen LogP contribution in [-0.2, 0) is 0 Å². The minimum absolute atomic E-state index is 0.320. The topological polar surface area (TPSA) is 3.24 Å². The van der Waals surface area contributed by atoms with Gasteiger partial charge in [0, 0.05) is 18.8 Å². The highest BCUT2D eigenvalue weighted by Gasteiger charge is 2.28. The Hall–Kier alpha value is -0.690. The lowest BCUT2D eigenvalue weighted by molar-refractivity contribution is 0.659. The molecule has 14 heavy (non-hydrogen) atoms. The molecule has 0 amide bonds. The number of para-hydroxylation sites is 1. The Morgan fingerprint density at radius 1 is 1.21 bits per heavy atom. The van der Waals surface area contributed by atoms with Gasteiger partial charge in [-0.05, 0) is 31.4 Å². The smallest absolute Gasteiger partial charge is 0.0539 e. The van der Waals surface area contributed by atoms with Crippen molar-refractivity contribution in [2.24, 2.45) is 0 Å². The van der Waals surface area contributed by atoms with Crippen LogP contribution in [0.5, 0.6) is 0 Å². The van der Waals surface area contributed by atoms with Crippen molar-refractivity contribution in [3.05, 3.63) is 30.3 Å². The van der Waals surface area contributed by atoms with Crippen LogP contribution in [0.1, 0.15) is 19.3 Å². The van der Waals surface area contributed by atoms with Crippen LogP contribution >= 0.6 is 11.6 Å². The molecule has 0 heterocycles. The standard InChI is InChI=1S/C12H16ClN/c1-14(10-6-3-2-4-7-10)12-9-5-8-11(12)13/h2-4,6-7,11-12H,5,8-9H2,1H3/t11-,12-/m0/s1. The highest BCUT2D eigenvalue weighted by Crippen LogP contribution is 2.30. The zero-order chi connectivity index (χ0) is 9.97. The Kier molecular flexibility index (Phi) is 2.97. The maximum absolute atomic E-state index is 6.28. The van der Waals surface area contributed by atoms with Crippen molar-refractivity contribution in [1.29, 1.82) is 0 Å². The molecular formula is C12H16ClN. The molecule has 2 atom stereocenters. The van der Waals surface area contributed by atoms with E-state index >= 15 is 0 Å². The zero-order valence-corrected chi connectivity index (χ0v) is 9.24. The van der Waals surface area contributed by atoms with E-state index in [9.17, 15) is 0 Å². The Balaban J connectivity index is 2.12. The number of halogens is 1. The summed E-state index contributed by atoms with van der Waals surface area (Å²) in [5, 5.41) is 0.320. The molecule has 1 aromatic carbocycles. The fraction of sp³-hybridized carbons (Fsp3) is 0.500. The monoisotopic (exact) mass is 209 g/mol. The molecule has 0 unspecified atom stereocenters. The normalized spacial score (nSPS) is 26.4. The second kappa shape index (κ2) is 4.22. The number of benzene rings is 1. The molecule has 0 radical (unpaired) electrons. The van der Waals surface area contributed by atoms with Gasteiger partial charge in [0.25, 0.3) is 0 Å². The predicted molar refractivity (Wildman–Crippen MR) is 62.1 cm³/mol. The number of nitrogens with zero attached hydrogens (tertiary/aromatic N) is 1. The van der Waals surface area contributed by atoms with Gasteiger partial charge in [0.05, 0.1) is 5.38 Å². The van der Waals surface area contributed by atoms with Crippen LogP contribution in [0.2, 0.25) is 0 Å². The molecule has 0 aliphatic heterocycles. The van der Waals surface area contributed by atoms with Crippen molar-refractivity contribution in [2.45, 2.75) is 30.7 Å². The molecule has 1 aliphatic rings. The largest absolute Gasteiger partial charge is 0.370 e. The first-order valence-corrected chi connectivity index (χ1v) is 5.64. The van der Waals surface area contributed by atoms with E-state index in [-0.39, 0.29) is 0 Å². The quantitative estimate of drug-likeness (QED) is 0.676. The molecule has 1 nitrogen and oxygen atoms in total. The third-order valence-corrected chi connectivity index (χ3v) is 3.57. The first-order chi connectivity index (χ1) is 6.79. The molecule has 1 aromatic rings. The van der Waals surface area contributed by atoms with Gasteiger partial charge in [0.1, 0.15) is 0 Å². The van der Waals surface area contributed by atoms with Gasteiger partial charge in [0.2, 0.25) is 0 Å². The van der Waals surface area contributed by atoms with Crippen molar-refractivity contribution in [3.8, 4) is 0 Å². The van der Waals surface area contributed by atoms with Gasteiger partial charge in [-0.1, -0.05) is 18.2 Å². The summed E-state index contributed by atoms with van der Waals surface area (Å²) in [7, 11) is 2.14. The van der Waals surface area contributed by atoms with Crippen LogP contribution in [0.25, 0.3) is 0 Å². The summed E-state index contributed by atoms with van der Waals surface area (Å²) in [6.45, 7) is 0. The molecule has 0 bridgehead atoms. The van der Waals surface area contributed by atoms with Gasteiger partial charge in [0.15, 0.2) is 0 Å². The van der Waals surface area contributed by atoms with Crippen molar-refractivity contribution in [2.75, 3.05) is 11.9 Å². The zero-order valence-electron chi connectivity index (χ0n) is 8.49. The van der Waals surface area contributed by atoms with Gasteiger partial charge in [-0.25, -0.2) is 0 Å². The molecule has 1 fully saturated rings. The molecule has 0 spiro atoms. The lowest BCUT2D eigenvalue weighted by Crippen LogP contribution is -2.35. The van der Waals surface area contributed by atoms with E-state index < -0.39 is 0 Å². The number of rotatable bonds is 2. The molecular weight excluding hydrogens is 194 g/mol. The van der Waals surface area contributed by atoms with Gasteiger partial charge < -0.3 is 4.90 Å². The van der Waals surface area contributed by atoms with Gasteiger partial charge in [-0.15, -0.1) is 11.6 Å². The number of alkyl halides is 1. The maximum atomic E-state index is 6.28. The third-order valence-electron chi connectivity index (χ3n) is 3.06. The number of anilines is 1. The highest BCUT2D eigenvalue weighted by atomic mass is 35.5. The van der Waals surface area contributed by atoms with E-state index in [1.165, 1.54) is 18.5 Å². The van der Waals surface area contributed by atoms with E-state index in [4.69, 9.17) is 11.6 Å². The van der Waals surface area contributed by atoms with E-state index in [0.29, 0.717) is 11.4 Å². The van der Waals surface area contributed by atoms with Gasteiger partial charge in [-0.2, -0.15) is 0 Å². The fourth-order valence-electron chi connectivity index (χ4n) is 2.19. The summed E-state index contributed by atoms with van der Waals surface area (Å²) >= 11 is 6.28. The van der Waals surface area contributed by atoms with Crippen LogP contribution in [0.15, 0.2) is 30.3 Å². The molecule has 1 saturated carbocycles. The molecule has 0 saturated heterocycles. The summed E-state index contributed by atoms with van der Waals surface area (Å²) in [5.74, 6) is 0. The average Bonchev–Trinajstić information content (AvgIpc) is 2.65. The SMILES string of the molecule is CN(c1ccccc1)[C@H]1CCC[C@@H]1Cl. The number of hydrogen-bond donors (Lipinski definition) is 0. The Morgan fingerprint density at radius 3 is 2.50 bits per heavy atom. The Labute approximate surface area is 90.7 Å². The molecule has 0 N–H and O–H groups in total. The summed E-state index contributed by atoms with van der Waals surface area (Å²) in [6, 6.07) is 11.0. The van der Waals surface area contributed by atoms with Crippen molar-refractivity contribution >= 4 is 17.3 Å². The summed E-state index contributed by atoms with van der Waals surface area (Å²) in [5.41, 5.74) is 1.27. The van der Waals surface area contributed by atoms with E-state index in [2.05, 4.69) is 36.2 Å². The van der Waals surface area contributed by atoms with Gasteiger partial charge >= 0.3 is 0 Å². The third kappa shape index (κ3) is 1.88. The van der Waals surface area contributed by atoms with Crippen LogP contribution in [0.3, 0.4) is 0 Å². The maximum Gasteiger partial charge on any atom is 0.0539 e. The van der Waals surface area contributed by atoms with Crippen LogP contribution < -0.4 is 4.90 Å². The fourth-order valence-corrected chi connectivity index (χ4v) is 2.64. The second-order valence-electron chi connectivity index (χ2n) is 3.96. The lowest BCUT2D eigenvalue weighted by atomic mass is 10.2. The minimum atomic E-state index is 0.320. The van der Waals surface area contributed by atoms with Crippen LogP contribution in [-0.4, -0.2) is 18.5 Å². The van der Waals surface area contributed by atoms with E-state index in [1.807, 2.05) is 6.07 Å². The van der Waals surface area contributed by atoms with Crippen molar-refractivity contribution < 1.29 is 0 Å². The minimum Gasteiger partial charge on any atom is -0.370 e. The average molecular weight is 210 g/mol. The first-order valence-electron chi connectivity index (χ1n) is 5.21. The van der Waals surface area contributed by atoms with Crippen LogP contribution in [0, 0.1) is 0 Å². The Morgan fingerprint density at radius 2 is 1.93 bits per heavy atom. The first kappa shape index (κ1) is 9.85. The molecule has 2 rings (SSSR count). The predicted octanol–water partition coefficient (Wildman–Crippen LogP) is 3.28. The lowest BCUT2D eigenvalue weighted by Gasteiger charge is -2.28. The Bertz CT molecular complexity index is 286. The van der Waals surface area contributed by atoms with Crippen LogP contribution in [0.4, 0.5) is 5.69 Å². The second-order valence-corrected chi connectivity index (χ2v) is 4.52. The molecule has 76 valence electrons. The molecule has 2 heteroatoms.